The summed E-state index contributed by atoms with van der Waals surface area (Å²) in [6.07, 6.45) is 1.56. The van der Waals surface area contributed by atoms with E-state index in [2.05, 4.69) is 5.10 Å². The van der Waals surface area contributed by atoms with Crippen LogP contribution in [0.1, 0.15) is 0 Å². The minimum atomic E-state index is -0.275. The Balaban J connectivity index is 2.81. The molecule has 0 spiro atoms. The van der Waals surface area contributed by atoms with Crippen molar-refractivity contribution in [3.8, 4) is 6.07 Å². The molecule has 0 saturated carbocycles. The summed E-state index contributed by atoms with van der Waals surface area (Å²) in [5.41, 5.74) is 0.444. The molecular weight excluding hydrogens is 208 g/mol. The van der Waals surface area contributed by atoms with Gasteiger partial charge in [-0.3, -0.25) is 4.79 Å². The summed E-state index contributed by atoms with van der Waals surface area (Å²) in [5, 5.41) is 12.4. The third-order valence-corrected chi connectivity index (χ3v) is 2.15. The summed E-state index contributed by atoms with van der Waals surface area (Å²) in [5.74, 6) is 0. The van der Waals surface area contributed by atoms with Gasteiger partial charge in [0.1, 0.15) is 6.54 Å². The van der Waals surface area contributed by atoms with Crippen LogP contribution >= 0.6 is 0 Å². The first-order valence-corrected chi connectivity index (χ1v) is 4.83. The fourth-order valence-corrected chi connectivity index (χ4v) is 1.18. The van der Waals surface area contributed by atoms with Crippen LogP contribution in [0, 0.1) is 11.3 Å². The van der Waals surface area contributed by atoms with Crippen molar-refractivity contribution in [2.24, 2.45) is 0 Å². The zero-order valence-electron chi connectivity index (χ0n) is 9.38. The molecule has 0 aliphatic carbocycles. The molecule has 0 saturated heterocycles. The molecule has 0 aromatic carbocycles. The first-order valence-electron chi connectivity index (χ1n) is 4.83. The highest BCUT2D eigenvalue weighted by molar-refractivity contribution is 5.41. The number of rotatable bonds is 5. The molecule has 0 aliphatic heterocycles. The van der Waals surface area contributed by atoms with Crippen LogP contribution in [0.25, 0.3) is 0 Å². The maximum absolute atomic E-state index is 11.5. The monoisotopic (exact) mass is 222 g/mol. The number of hydrogen-bond acceptors (Lipinski definition) is 5. The lowest BCUT2D eigenvalue weighted by molar-refractivity contribution is 0.206. The van der Waals surface area contributed by atoms with Crippen molar-refractivity contribution in [3.05, 3.63) is 22.6 Å². The van der Waals surface area contributed by atoms with Crippen LogP contribution in [0.15, 0.2) is 17.1 Å². The number of nitriles is 1. The molecule has 1 aromatic heterocycles. The van der Waals surface area contributed by atoms with Crippen LogP contribution in [-0.4, -0.2) is 37.1 Å². The minimum absolute atomic E-state index is 0.0269. The Morgan fingerprint density at radius 2 is 2.44 bits per heavy atom. The fourth-order valence-electron chi connectivity index (χ4n) is 1.18. The van der Waals surface area contributed by atoms with Gasteiger partial charge in [0.05, 0.1) is 24.6 Å². The van der Waals surface area contributed by atoms with Gasteiger partial charge in [0, 0.05) is 26.8 Å². The van der Waals surface area contributed by atoms with E-state index in [1.165, 1.54) is 6.07 Å². The predicted octanol–water partition coefficient (Wildman–Crippen LogP) is -0.151. The average molecular weight is 222 g/mol. The standard InChI is InChI=1S/C10H14N4O2/c1-13(5-6-16-2)9-7-10(15)14(4-3-11)12-8-9/h7-8H,4-6H2,1-2H3. The molecule has 6 heteroatoms. The van der Waals surface area contributed by atoms with Crippen molar-refractivity contribution in [1.29, 1.82) is 5.26 Å². The summed E-state index contributed by atoms with van der Waals surface area (Å²) < 4.78 is 6.06. The van der Waals surface area contributed by atoms with Gasteiger partial charge >= 0.3 is 0 Å². The second-order valence-electron chi connectivity index (χ2n) is 3.28. The maximum atomic E-state index is 11.5. The molecule has 0 bridgehead atoms. The van der Waals surface area contributed by atoms with Crippen LogP contribution in [-0.2, 0) is 11.3 Å². The number of anilines is 1. The number of methoxy groups -OCH3 is 1. The Bertz CT molecular complexity index is 435. The van der Waals surface area contributed by atoms with Crippen molar-refractivity contribution >= 4 is 5.69 Å². The highest BCUT2D eigenvalue weighted by Crippen LogP contribution is 2.05. The van der Waals surface area contributed by atoms with E-state index in [4.69, 9.17) is 10.00 Å². The first-order chi connectivity index (χ1) is 7.69. The second kappa shape index (κ2) is 5.88. The molecule has 1 heterocycles. The molecule has 0 aliphatic rings. The molecule has 0 N–H and O–H groups in total. The molecule has 0 fully saturated rings. The summed E-state index contributed by atoms with van der Waals surface area (Å²) in [7, 11) is 3.47. The van der Waals surface area contributed by atoms with E-state index in [0.29, 0.717) is 13.2 Å². The molecule has 0 unspecified atom stereocenters. The van der Waals surface area contributed by atoms with Crippen molar-refractivity contribution in [2.45, 2.75) is 6.54 Å². The molecule has 0 amide bonds. The molecule has 0 atom stereocenters. The summed E-state index contributed by atoms with van der Waals surface area (Å²) >= 11 is 0. The van der Waals surface area contributed by atoms with Crippen molar-refractivity contribution in [3.63, 3.8) is 0 Å². The van der Waals surface area contributed by atoms with Crippen molar-refractivity contribution < 1.29 is 4.74 Å². The number of hydrogen-bond donors (Lipinski definition) is 0. The molecular formula is C10H14N4O2. The lowest BCUT2D eigenvalue weighted by Crippen LogP contribution is -2.27. The quantitative estimate of drug-likeness (QED) is 0.692. The lowest BCUT2D eigenvalue weighted by Gasteiger charge is -2.17. The van der Waals surface area contributed by atoms with E-state index >= 15 is 0 Å². The lowest BCUT2D eigenvalue weighted by atomic mass is 10.4. The highest BCUT2D eigenvalue weighted by atomic mass is 16.5. The molecule has 86 valence electrons. The van der Waals surface area contributed by atoms with Crippen LogP contribution < -0.4 is 10.5 Å². The van der Waals surface area contributed by atoms with E-state index in [-0.39, 0.29) is 12.1 Å². The predicted molar refractivity (Wildman–Crippen MR) is 59.3 cm³/mol. The number of nitrogens with zero attached hydrogens (tertiary/aromatic N) is 4. The van der Waals surface area contributed by atoms with Gasteiger partial charge in [-0.15, -0.1) is 0 Å². The molecule has 1 aromatic rings. The van der Waals surface area contributed by atoms with Gasteiger partial charge in [-0.1, -0.05) is 0 Å². The van der Waals surface area contributed by atoms with Gasteiger partial charge in [0.2, 0.25) is 0 Å². The maximum Gasteiger partial charge on any atom is 0.269 e. The highest BCUT2D eigenvalue weighted by Gasteiger charge is 2.04. The van der Waals surface area contributed by atoms with E-state index in [1.807, 2.05) is 18.0 Å². The number of ether oxygens (including phenoxy) is 1. The Kier molecular flexibility index (Phi) is 4.48. The molecule has 1 rings (SSSR count). The number of likely N-dealkylation sites (N-methyl/N-ethyl adjacent to an activating group) is 1. The zero-order valence-corrected chi connectivity index (χ0v) is 9.38. The second-order valence-corrected chi connectivity index (χ2v) is 3.28. The molecule has 16 heavy (non-hydrogen) atoms. The van der Waals surface area contributed by atoms with E-state index in [9.17, 15) is 4.79 Å². The minimum Gasteiger partial charge on any atom is -0.383 e. The molecule has 6 nitrogen and oxygen atoms in total. The van der Waals surface area contributed by atoms with E-state index in [0.717, 1.165) is 10.4 Å². The van der Waals surface area contributed by atoms with E-state index < -0.39 is 0 Å². The Labute approximate surface area is 93.7 Å². The third-order valence-electron chi connectivity index (χ3n) is 2.15. The van der Waals surface area contributed by atoms with Gasteiger partial charge in [0.15, 0.2) is 0 Å². The van der Waals surface area contributed by atoms with Gasteiger partial charge < -0.3 is 9.64 Å². The van der Waals surface area contributed by atoms with Crippen molar-refractivity contribution in [1.82, 2.24) is 9.78 Å². The summed E-state index contributed by atoms with van der Waals surface area (Å²) in [6.45, 7) is 1.23. The first kappa shape index (κ1) is 12.2. The zero-order chi connectivity index (χ0) is 12.0. The van der Waals surface area contributed by atoms with Gasteiger partial charge in [-0.05, 0) is 0 Å². The van der Waals surface area contributed by atoms with Gasteiger partial charge in [-0.25, -0.2) is 4.68 Å². The van der Waals surface area contributed by atoms with Crippen molar-refractivity contribution in [2.75, 3.05) is 32.2 Å². The largest absolute Gasteiger partial charge is 0.383 e. The van der Waals surface area contributed by atoms with Crippen LogP contribution in [0.4, 0.5) is 5.69 Å². The third kappa shape index (κ3) is 3.07. The normalized spacial score (nSPS) is 9.81. The average Bonchev–Trinajstić information content (AvgIpc) is 2.29. The van der Waals surface area contributed by atoms with Crippen LogP contribution in [0.3, 0.4) is 0 Å². The molecule has 0 radical (unpaired) electrons. The summed E-state index contributed by atoms with van der Waals surface area (Å²) in [4.78, 5) is 13.4. The Hall–Kier alpha value is -1.87. The van der Waals surface area contributed by atoms with Crippen LogP contribution in [0.5, 0.6) is 0 Å². The van der Waals surface area contributed by atoms with E-state index in [1.54, 1.807) is 13.3 Å². The Morgan fingerprint density at radius 1 is 1.69 bits per heavy atom. The SMILES string of the molecule is COCCN(C)c1cnn(CC#N)c(=O)c1. The fraction of sp³-hybridized carbons (Fsp3) is 0.500. The smallest absolute Gasteiger partial charge is 0.269 e. The summed E-state index contributed by atoms with van der Waals surface area (Å²) in [6, 6.07) is 3.33. The Morgan fingerprint density at radius 3 is 3.00 bits per heavy atom. The number of aromatic nitrogens is 2. The van der Waals surface area contributed by atoms with Crippen LogP contribution in [0.2, 0.25) is 0 Å². The van der Waals surface area contributed by atoms with Gasteiger partial charge in [0.25, 0.3) is 5.56 Å². The topological polar surface area (TPSA) is 71.2 Å². The van der Waals surface area contributed by atoms with Gasteiger partial charge in [-0.2, -0.15) is 10.4 Å².